The minimum absolute atomic E-state index is 0.0737. The molecule has 3 atom stereocenters. The highest BCUT2D eigenvalue weighted by atomic mass is 19.1. The summed E-state index contributed by atoms with van der Waals surface area (Å²) < 4.78 is 13.6. The predicted molar refractivity (Wildman–Crippen MR) is 81.7 cm³/mol. The summed E-state index contributed by atoms with van der Waals surface area (Å²) in [7, 11) is 0. The first-order valence-corrected chi connectivity index (χ1v) is 7.52. The van der Waals surface area contributed by atoms with Crippen LogP contribution in [0.5, 0.6) is 0 Å². The molecule has 0 spiro atoms. The lowest BCUT2D eigenvalue weighted by molar-refractivity contribution is 0.206. The van der Waals surface area contributed by atoms with Gasteiger partial charge in [0.05, 0.1) is 0 Å². The second kappa shape index (κ2) is 6.89. The van der Waals surface area contributed by atoms with Crippen molar-refractivity contribution >= 4 is 5.84 Å². The third-order valence-corrected chi connectivity index (χ3v) is 4.64. The zero-order chi connectivity index (χ0) is 15.4. The first kappa shape index (κ1) is 15.8. The van der Waals surface area contributed by atoms with Crippen LogP contribution in [-0.2, 0) is 6.54 Å². The Bertz CT molecular complexity index is 518. The van der Waals surface area contributed by atoms with Gasteiger partial charge in [0.2, 0.25) is 0 Å². The Labute approximate surface area is 125 Å². The van der Waals surface area contributed by atoms with Crippen LogP contribution in [0.15, 0.2) is 23.4 Å². The van der Waals surface area contributed by atoms with Gasteiger partial charge in [0, 0.05) is 18.2 Å². The highest BCUT2D eigenvalue weighted by molar-refractivity contribution is 5.97. The minimum Gasteiger partial charge on any atom is -0.409 e. The van der Waals surface area contributed by atoms with Gasteiger partial charge in [0.25, 0.3) is 0 Å². The number of hydrogen-bond acceptors (Lipinski definition) is 3. The van der Waals surface area contributed by atoms with E-state index in [-0.39, 0.29) is 11.7 Å². The Kier molecular flexibility index (Phi) is 5.17. The van der Waals surface area contributed by atoms with Crippen LogP contribution < -0.4 is 11.1 Å². The normalized spacial score (nSPS) is 26.8. The zero-order valence-corrected chi connectivity index (χ0v) is 12.6. The van der Waals surface area contributed by atoms with Gasteiger partial charge >= 0.3 is 0 Å². The number of halogens is 1. The summed E-state index contributed by atoms with van der Waals surface area (Å²) >= 11 is 0. The van der Waals surface area contributed by atoms with Gasteiger partial charge in [-0.05, 0) is 42.0 Å². The predicted octanol–water partition coefficient (Wildman–Crippen LogP) is 2.83. The monoisotopic (exact) mass is 293 g/mol. The third-order valence-electron chi connectivity index (χ3n) is 4.64. The van der Waals surface area contributed by atoms with E-state index in [2.05, 4.69) is 24.3 Å². The molecule has 2 rings (SSSR count). The van der Waals surface area contributed by atoms with Crippen molar-refractivity contribution in [3.05, 3.63) is 35.1 Å². The van der Waals surface area contributed by atoms with Crippen molar-refractivity contribution in [3.8, 4) is 0 Å². The molecule has 1 aromatic rings. The van der Waals surface area contributed by atoms with Gasteiger partial charge in [-0.3, -0.25) is 0 Å². The van der Waals surface area contributed by atoms with E-state index in [1.165, 1.54) is 25.0 Å². The number of nitrogens with zero attached hydrogens (tertiary/aromatic N) is 1. The molecule has 0 aliphatic heterocycles. The molecule has 1 fully saturated rings. The van der Waals surface area contributed by atoms with Crippen LogP contribution in [0.3, 0.4) is 0 Å². The average Bonchev–Trinajstić information content (AvgIpc) is 2.47. The van der Waals surface area contributed by atoms with E-state index in [9.17, 15) is 4.39 Å². The first-order chi connectivity index (χ1) is 10.0. The second-order valence-electron chi connectivity index (χ2n) is 6.09. The van der Waals surface area contributed by atoms with E-state index >= 15 is 0 Å². The summed E-state index contributed by atoms with van der Waals surface area (Å²) in [6.45, 7) is 5.15. The average molecular weight is 293 g/mol. The van der Waals surface area contributed by atoms with Crippen LogP contribution in [0, 0.1) is 17.7 Å². The number of oxime groups is 1. The molecule has 0 radical (unpaired) electrons. The number of nitrogens with one attached hydrogen (secondary N) is 1. The number of hydrogen-bond donors (Lipinski definition) is 3. The van der Waals surface area contributed by atoms with Crippen molar-refractivity contribution in [1.82, 2.24) is 5.32 Å². The van der Waals surface area contributed by atoms with E-state index in [0.29, 0.717) is 24.1 Å². The van der Waals surface area contributed by atoms with Crippen LogP contribution in [0.1, 0.15) is 44.2 Å². The SMILES string of the molecule is CC1CCCC(NCc2cc(F)cc(/C(N)=N/O)c2)C1C. The lowest BCUT2D eigenvalue weighted by Gasteiger charge is -2.34. The van der Waals surface area contributed by atoms with Gasteiger partial charge in [-0.2, -0.15) is 0 Å². The number of amidine groups is 1. The topological polar surface area (TPSA) is 70.6 Å². The Morgan fingerprint density at radius 2 is 2.14 bits per heavy atom. The van der Waals surface area contributed by atoms with Crippen molar-refractivity contribution in [1.29, 1.82) is 0 Å². The smallest absolute Gasteiger partial charge is 0.170 e. The maximum absolute atomic E-state index is 13.6. The fourth-order valence-electron chi connectivity index (χ4n) is 3.08. The summed E-state index contributed by atoms with van der Waals surface area (Å²) in [5, 5.41) is 15.1. The lowest BCUT2D eigenvalue weighted by Crippen LogP contribution is -2.40. The number of rotatable bonds is 4. The molecule has 4 nitrogen and oxygen atoms in total. The van der Waals surface area contributed by atoms with Gasteiger partial charge in [0.15, 0.2) is 5.84 Å². The Balaban J connectivity index is 2.04. The Hall–Kier alpha value is -1.62. The van der Waals surface area contributed by atoms with Gasteiger partial charge in [0.1, 0.15) is 5.82 Å². The molecule has 5 heteroatoms. The van der Waals surface area contributed by atoms with E-state index in [1.807, 2.05) is 0 Å². The van der Waals surface area contributed by atoms with Crippen LogP contribution >= 0.6 is 0 Å². The van der Waals surface area contributed by atoms with Gasteiger partial charge < -0.3 is 16.3 Å². The van der Waals surface area contributed by atoms with Gasteiger partial charge in [-0.15, -0.1) is 0 Å². The van der Waals surface area contributed by atoms with Crippen LogP contribution in [0.2, 0.25) is 0 Å². The van der Waals surface area contributed by atoms with E-state index in [1.54, 1.807) is 6.07 Å². The van der Waals surface area contributed by atoms with Crippen molar-refractivity contribution < 1.29 is 9.60 Å². The van der Waals surface area contributed by atoms with E-state index in [0.717, 1.165) is 17.9 Å². The molecule has 1 aliphatic rings. The van der Waals surface area contributed by atoms with Crippen LogP contribution in [0.4, 0.5) is 4.39 Å². The summed E-state index contributed by atoms with van der Waals surface area (Å²) in [5.41, 5.74) is 6.73. The second-order valence-corrected chi connectivity index (χ2v) is 6.09. The highest BCUT2D eigenvalue weighted by Crippen LogP contribution is 2.29. The summed E-state index contributed by atoms with van der Waals surface area (Å²) in [5.74, 6) is 0.892. The molecule has 21 heavy (non-hydrogen) atoms. The molecule has 1 aliphatic carbocycles. The summed E-state index contributed by atoms with van der Waals surface area (Å²) in [4.78, 5) is 0. The highest BCUT2D eigenvalue weighted by Gasteiger charge is 2.26. The van der Waals surface area contributed by atoms with Crippen molar-refractivity contribution in [2.45, 2.75) is 45.7 Å². The van der Waals surface area contributed by atoms with Gasteiger partial charge in [-0.25, -0.2) is 4.39 Å². The van der Waals surface area contributed by atoms with E-state index < -0.39 is 0 Å². The maximum atomic E-state index is 13.6. The molecule has 0 saturated heterocycles. The van der Waals surface area contributed by atoms with Crippen molar-refractivity contribution in [3.63, 3.8) is 0 Å². The fraction of sp³-hybridized carbons (Fsp3) is 0.562. The summed E-state index contributed by atoms with van der Waals surface area (Å²) in [6.07, 6.45) is 3.68. The third kappa shape index (κ3) is 3.94. The van der Waals surface area contributed by atoms with Gasteiger partial charge in [-0.1, -0.05) is 31.8 Å². The minimum atomic E-state index is -0.374. The zero-order valence-electron chi connectivity index (χ0n) is 12.6. The molecule has 1 saturated carbocycles. The Morgan fingerprint density at radius 1 is 1.38 bits per heavy atom. The molecule has 0 heterocycles. The quantitative estimate of drug-likeness (QED) is 0.346. The summed E-state index contributed by atoms with van der Waals surface area (Å²) in [6, 6.07) is 4.97. The first-order valence-electron chi connectivity index (χ1n) is 7.52. The molecule has 1 aromatic carbocycles. The van der Waals surface area contributed by atoms with Crippen molar-refractivity contribution in [2.75, 3.05) is 0 Å². The molecule has 3 unspecified atom stereocenters. The largest absolute Gasteiger partial charge is 0.409 e. The van der Waals surface area contributed by atoms with Crippen LogP contribution in [-0.4, -0.2) is 17.1 Å². The number of nitrogens with two attached hydrogens (primary N) is 1. The fourth-order valence-corrected chi connectivity index (χ4v) is 3.08. The Morgan fingerprint density at radius 3 is 2.86 bits per heavy atom. The molecule has 116 valence electrons. The number of benzene rings is 1. The molecule has 0 amide bonds. The van der Waals surface area contributed by atoms with Crippen LogP contribution in [0.25, 0.3) is 0 Å². The molecular weight excluding hydrogens is 269 g/mol. The molecule has 0 bridgehead atoms. The molecular formula is C16H24FN3O. The molecule has 4 N–H and O–H groups in total. The maximum Gasteiger partial charge on any atom is 0.170 e. The van der Waals surface area contributed by atoms with Crippen molar-refractivity contribution in [2.24, 2.45) is 22.7 Å². The molecule has 0 aromatic heterocycles. The standard InChI is InChI=1S/C16H24FN3O/c1-10-4-3-5-15(11(10)2)19-9-12-6-13(16(18)20-21)8-14(17)7-12/h6-8,10-11,15,19,21H,3-5,9H2,1-2H3,(H2,18,20). The lowest BCUT2D eigenvalue weighted by atomic mass is 9.78. The van der Waals surface area contributed by atoms with E-state index in [4.69, 9.17) is 10.9 Å².